The van der Waals surface area contributed by atoms with Gasteiger partial charge in [-0.1, -0.05) is 87.2 Å². The zero-order valence-corrected chi connectivity index (χ0v) is 27.7. The molecular formula is C33H52N2O4SSi. The lowest BCUT2D eigenvalue weighted by molar-refractivity contribution is -0.0251. The van der Waals surface area contributed by atoms with Crippen LogP contribution in [-0.4, -0.2) is 76.1 Å². The Labute approximate surface area is 250 Å². The van der Waals surface area contributed by atoms with Gasteiger partial charge < -0.3 is 9.47 Å². The number of hydrogen-bond donors (Lipinski definition) is 0. The Kier molecular flexibility index (Phi) is 11.6. The lowest BCUT2D eigenvalue weighted by Crippen LogP contribution is -2.51. The first kappa shape index (κ1) is 32.4. The summed E-state index contributed by atoms with van der Waals surface area (Å²) in [6.45, 7) is 11.2. The molecule has 0 unspecified atom stereocenters. The Morgan fingerprint density at radius 2 is 1.59 bits per heavy atom. The summed E-state index contributed by atoms with van der Waals surface area (Å²) < 4.78 is 40.7. The quantitative estimate of drug-likeness (QED) is 0.137. The predicted octanol–water partition coefficient (Wildman–Crippen LogP) is 6.73. The van der Waals surface area contributed by atoms with Gasteiger partial charge in [-0.15, -0.1) is 0 Å². The van der Waals surface area contributed by atoms with Gasteiger partial charge in [0.25, 0.3) is 0 Å². The highest BCUT2D eigenvalue weighted by molar-refractivity contribution is 7.88. The molecule has 4 rings (SSSR count). The molecule has 0 amide bonds. The molecule has 2 aromatic rings. The summed E-state index contributed by atoms with van der Waals surface area (Å²) in [7, 11) is -4.74. The van der Waals surface area contributed by atoms with Crippen LogP contribution in [0.25, 0.3) is 0 Å². The van der Waals surface area contributed by atoms with E-state index in [2.05, 4.69) is 86.1 Å². The molecule has 1 aliphatic carbocycles. The third-order valence-corrected chi connectivity index (χ3v) is 11.9. The van der Waals surface area contributed by atoms with Crippen LogP contribution < -0.4 is 0 Å². The second-order valence-corrected chi connectivity index (χ2v) is 20.9. The average molecular weight is 601 g/mol. The van der Waals surface area contributed by atoms with Crippen LogP contribution in [-0.2, 0) is 26.0 Å². The van der Waals surface area contributed by atoms with Gasteiger partial charge in [-0.05, 0) is 61.6 Å². The highest BCUT2D eigenvalue weighted by Gasteiger charge is 2.46. The Bertz CT molecular complexity index is 1150. The van der Waals surface area contributed by atoms with Gasteiger partial charge in [0, 0.05) is 33.3 Å². The number of hydrogen-bond acceptors (Lipinski definition) is 5. The standard InChI is InChI=1S/C33H52N2O4SSi/c1-6-30-23-32(35(40(2,36)37)26-38-21-22-41(3,4)5)33(34(30)24-27-13-9-7-10-14-27)25-39-31-19-17-29(18-20-31)28-15-11-8-12-16-28/h7-16,29-33H,6,17-26H2,1-5H3/t29?,30-,31?,32+,33+/m1/s1. The van der Waals surface area contributed by atoms with Crippen molar-refractivity contribution in [3.8, 4) is 0 Å². The van der Waals surface area contributed by atoms with Crippen molar-refractivity contribution in [2.45, 2.75) is 108 Å². The third-order valence-electron chi connectivity index (χ3n) is 8.99. The molecule has 1 aliphatic heterocycles. The number of benzene rings is 2. The normalized spacial score (nSPS) is 26.0. The summed E-state index contributed by atoms with van der Waals surface area (Å²) in [5.74, 6) is 0.600. The first-order valence-electron chi connectivity index (χ1n) is 15.6. The zero-order valence-electron chi connectivity index (χ0n) is 25.9. The molecule has 0 bridgehead atoms. The van der Waals surface area contributed by atoms with E-state index in [0.29, 0.717) is 19.1 Å². The molecule has 8 heteroatoms. The van der Waals surface area contributed by atoms with Crippen LogP contribution in [0.4, 0.5) is 0 Å². The third kappa shape index (κ3) is 9.47. The Morgan fingerprint density at radius 3 is 2.17 bits per heavy atom. The SMILES string of the molecule is CC[C@@H]1C[C@H](N(COCC[Si](C)(C)C)S(C)(=O)=O)[C@H](COC2CCC(c3ccccc3)CC2)N1Cc1ccccc1. The van der Waals surface area contributed by atoms with Crippen LogP contribution in [0.1, 0.15) is 62.5 Å². The highest BCUT2D eigenvalue weighted by Crippen LogP contribution is 2.36. The van der Waals surface area contributed by atoms with Crippen molar-refractivity contribution >= 4 is 18.1 Å². The summed E-state index contributed by atoms with van der Waals surface area (Å²) >= 11 is 0. The average Bonchev–Trinajstić information content (AvgIpc) is 3.28. The maximum atomic E-state index is 13.2. The highest BCUT2D eigenvalue weighted by atomic mass is 32.2. The molecule has 2 aromatic carbocycles. The van der Waals surface area contributed by atoms with E-state index in [1.807, 2.05) is 6.07 Å². The second-order valence-electron chi connectivity index (χ2n) is 13.3. The van der Waals surface area contributed by atoms with Crippen LogP contribution in [0, 0.1) is 0 Å². The summed E-state index contributed by atoms with van der Waals surface area (Å²) in [4.78, 5) is 2.51. The molecule has 2 fully saturated rings. The largest absolute Gasteiger partial charge is 0.377 e. The minimum Gasteiger partial charge on any atom is -0.377 e. The van der Waals surface area contributed by atoms with Crippen molar-refractivity contribution in [2.24, 2.45) is 0 Å². The molecule has 0 aromatic heterocycles. The maximum Gasteiger partial charge on any atom is 0.213 e. The van der Waals surface area contributed by atoms with Gasteiger partial charge in [0.2, 0.25) is 10.0 Å². The molecule has 3 atom stereocenters. The van der Waals surface area contributed by atoms with Crippen LogP contribution in [0.15, 0.2) is 60.7 Å². The van der Waals surface area contributed by atoms with Crippen molar-refractivity contribution in [1.82, 2.24) is 9.21 Å². The van der Waals surface area contributed by atoms with Crippen molar-refractivity contribution in [3.63, 3.8) is 0 Å². The summed E-state index contributed by atoms with van der Waals surface area (Å²) in [5, 5.41) is 0. The molecule has 1 saturated heterocycles. The monoisotopic (exact) mass is 600 g/mol. The van der Waals surface area contributed by atoms with Crippen LogP contribution >= 0.6 is 0 Å². The number of ether oxygens (including phenoxy) is 2. The number of likely N-dealkylation sites (tertiary alicyclic amines) is 1. The fraction of sp³-hybridized carbons (Fsp3) is 0.636. The summed E-state index contributed by atoms with van der Waals surface area (Å²) in [5.41, 5.74) is 2.68. The van der Waals surface area contributed by atoms with Gasteiger partial charge in [0.15, 0.2) is 0 Å². The maximum absolute atomic E-state index is 13.2. The number of nitrogens with zero attached hydrogens (tertiary/aromatic N) is 2. The molecule has 0 N–H and O–H groups in total. The molecule has 1 saturated carbocycles. The molecule has 6 nitrogen and oxygen atoms in total. The first-order chi connectivity index (χ1) is 19.5. The van der Waals surface area contributed by atoms with Crippen molar-refractivity contribution in [1.29, 1.82) is 0 Å². The lowest BCUT2D eigenvalue weighted by atomic mass is 9.83. The molecule has 2 aliphatic rings. The van der Waals surface area contributed by atoms with E-state index in [4.69, 9.17) is 9.47 Å². The van der Waals surface area contributed by atoms with Crippen LogP contribution in [0.2, 0.25) is 25.7 Å². The van der Waals surface area contributed by atoms with E-state index >= 15 is 0 Å². The van der Waals surface area contributed by atoms with Crippen molar-refractivity contribution in [3.05, 3.63) is 71.8 Å². The van der Waals surface area contributed by atoms with Gasteiger partial charge in [0.1, 0.15) is 6.73 Å². The topological polar surface area (TPSA) is 59.1 Å². The lowest BCUT2D eigenvalue weighted by Gasteiger charge is -2.36. The van der Waals surface area contributed by atoms with Crippen LogP contribution in [0.3, 0.4) is 0 Å². The fourth-order valence-electron chi connectivity index (χ4n) is 6.51. The summed E-state index contributed by atoms with van der Waals surface area (Å²) in [6, 6.07) is 22.5. The van der Waals surface area contributed by atoms with Gasteiger partial charge >= 0.3 is 0 Å². The van der Waals surface area contributed by atoms with Crippen molar-refractivity contribution < 1.29 is 17.9 Å². The Morgan fingerprint density at radius 1 is 0.951 bits per heavy atom. The minimum atomic E-state index is -3.47. The van der Waals surface area contributed by atoms with Gasteiger partial charge in [-0.2, -0.15) is 4.31 Å². The Hall–Kier alpha value is -1.55. The van der Waals surface area contributed by atoms with Gasteiger partial charge in [-0.25, -0.2) is 8.42 Å². The molecule has 228 valence electrons. The van der Waals surface area contributed by atoms with Gasteiger partial charge in [0.05, 0.1) is 25.0 Å². The van der Waals surface area contributed by atoms with E-state index in [0.717, 1.165) is 51.1 Å². The second kappa shape index (κ2) is 14.8. The fourth-order valence-corrected chi connectivity index (χ4v) is 8.26. The number of sulfonamides is 1. The molecule has 0 radical (unpaired) electrons. The zero-order chi connectivity index (χ0) is 29.5. The van der Waals surface area contributed by atoms with E-state index < -0.39 is 18.1 Å². The summed E-state index contributed by atoms with van der Waals surface area (Å²) in [6.07, 6.45) is 7.67. The molecule has 41 heavy (non-hydrogen) atoms. The first-order valence-corrected chi connectivity index (χ1v) is 21.1. The molecule has 1 heterocycles. The smallest absolute Gasteiger partial charge is 0.213 e. The van der Waals surface area contributed by atoms with E-state index in [1.165, 1.54) is 17.4 Å². The molecular weight excluding hydrogens is 549 g/mol. The number of rotatable bonds is 14. The van der Waals surface area contributed by atoms with Gasteiger partial charge in [-0.3, -0.25) is 4.90 Å². The molecule has 0 spiro atoms. The van der Waals surface area contributed by atoms with E-state index in [1.54, 1.807) is 4.31 Å². The van der Waals surface area contributed by atoms with E-state index in [-0.39, 0.29) is 31.0 Å². The van der Waals surface area contributed by atoms with Crippen LogP contribution in [0.5, 0.6) is 0 Å². The Balaban J connectivity index is 1.48. The van der Waals surface area contributed by atoms with Crippen molar-refractivity contribution in [2.75, 3.05) is 26.2 Å². The van der Waals surface area contributed by atoms with E-state index in [9.17, 15) is 8.42 Å². The predicted molar refractivity (Wildman–Crippen MR) is 171 cm³/mol. The minimum absolute atomic E-state index is 0.0256.